The SMILES string of the molecule is Cc1ccc2nc(-c3ccc(NS(=O)(=O)c4cc(Cl)c(Cl)cc4Cl)cc3)sc2c1. The highest BCUT2D eigenvalue weighted by Crippen LogP contribution is 2.34. The molecule has 0 fully saturated rings. The molecular formula is C20H13Cl3N2O2S2. The average molecular weight is 484 g/mol. The lowest BCUT2D eigenvalue weighted by Crippen LogP contribution is -2.13. The van der Waals surface area contributed by atoms with Crippen molar-refractivity contribution in [3.05, 3.63) is 75.2 Å². The molecule has 1 N–H and O–H groups in total. The van der Waals surface area contributed by atoms with E-state index in [0.717, 1.165) is 20.8 Å². The van der Waals surface area contributed by atoms with E-state index >= 15 is 0 Å². The number of hydrogen-bond donors (Lipinski definition) is 1. The Labute approximate surface area is 187 Å². The molecule has 0 spiro atoms. The lowest BCUT2D eigenvalue weighted by atomic mass is 10.2. The Hall–Kier alpha value is -1.83. The largest absolute Gasteiger partial charge is 0.280 e. The third-order valence-electron chi connectivity index (χ3n) is 4.19. The summed E-state index contributed by atoms with van der Waals surface area (Å²) in [6.07, 6.45) is 0. The summed E-state index contributed by atoms with van der Waals surface area (Å²) >= 11 is 19.4. The molecule has 0 amide bonds. The molecule has 0 radical (unpaired) electrons. The van der Waals surface area contributed by atoms with Gasteiger partial charge < -0.3 is 0 Å². The number of aryl methyl sites for hydroxylation is 1. The van der Waals surface area contributed by atoms with Crippen LogP contribution in [-0.4, -0.2) is 13.4 Å². The summed E-state index contributed by atoms with van der Waals surface area (Å²) in [5.74, 6) is 0. The molecule has 0 aliphatic carbocycles. The van der Waals surface area contributed by atoms with Gasteiger partial charge in [-0.25, -0.2) is 13.4 Å². The molecule has 0 aliphatic heterocycles. The number of rotatable bonds is 4. The number of halogens is 3. The van der Waals surface area contributed by atoms with Crippen LogP contribution in [0.4, 0.5) is 5.69 Å². The summed E-state index contributed by atoms with van der Waals surface area (Å²) in [7, 11) is -3.92. The Kier molecular flexibility index (Phi) is 5.48. The van der Waals surface area contributed by atoms with Crippen LogP contribution in [0.1, 0.15) is 5.56 Å². The van der Waals surface area contributed by atoms with Crippen LogP contribution in [-0.2, 0) is 10.0 Å². The van der Waals surface area contributed by atoms with Crippen molar-refractivity contribution in [3.8, 4) is 10.6 Å². The van der Waals surface area contributed by atoms with Gasteiger partial charge in [0.25, 0.3) is 10.0 Å². The van der Waals surface area contributed by atoms with Crippen molar-refractivity contribution in [2.45, 2.75) is 11.8 Å². The maximum atomic E-state index is 12.7. The van der Waals surface area contributed by atoms with Gasteiger partial charge in [0, 0.05) is 11.3 Å². The summed E-state index contributed by atoms with van der Waals surface area (Å²) in [4.78, 5) is 4.50. The Morgan fingerprint density at radius 1 is 0.897 bits per heavy atom. The summed E-state index contributed by atoms with van der Waals surface area (Å²) in [5.41, 5.74) is 3.42. The van der Waals surface area contributed by atoms with Crippen LogP contribution in [0, 0.1) is 6.92 Å². The number of fused-ring (bicyclic) bond motifs is 1. The Morgan fingerprint density at radius 2 is 1.59 bits per heavy atom. The molecular weight excluding hydrogens is 471 g/mol. The van der Waals surface area contributed by atoms with E-state index in [-0.39, 0.29) is 20.0 Å². The first-order chi connectivity index (χ1) is 13.7. The lowest BCUT2D eigenvalue weighted by molar-refractivity contribution is 0.601. The predicted molar refractivity (Wildman–Crippen MR) is 122 cm³/mol. The zero-order chi connectivity index (χ0) is 20.8. The highest BCUT2D eigenvalue weighted by Gasteiger charge is 2.20. The fourth-order valence-corrected chi connectivity index (χ4v) is 5.89. The van der Waals surface area contributed by atoms with Crippen LogP contribution in [0.2, 0.25) is 15.1 Å². The van der Waals surface area contributed by atoms with Gasteiger partial charge in [-0.05, 0) is 61.0 Å². The smallest absolute Gasteiger partial charge is 0.263 e. The van der Waals surface area contributed by atoms with Gasteiger partial charge in [0.1, 0.15) is 9.90 Å². The summed E-state index contributed by atoms with van der Waals surface area (Å²) in [5, 5.41) is 1.16. The van der Waals surface area contributed by atoms with Crippen molar-refractivity contribution in [2.24, 2.45) is 0 Å². The highest BCUT2D eigenvalue weighted by molar-refractivity contribution is 7.92. The van der Waals surface area contributed by atoms with Gasteiger partial charge in [-0.1, -0.05) is 40.9 Å². The van der Waals surface area contributed by atoms with Crippen LogP contribution in [0.5, 0.6) is 0 Å². The zero-order valence-corrected chi connectivity index (χ0v) is 18.8. The first-order valence-corrected chi connectivity index (χ1v) is 11.8. The molecule has 1 aromatic heterocycles. The monoisotopic (exact) mass is 482 g/mol. The number of anilines is 1. The van der Waals surface area contributed by atoms with E-state index in [1.165, 1.54) is 17.7 Å². The molecule has 0 bridgehead atoms. The van der Waals surface area contributed by atoms with Gasteiger partial charge in [-0.3, -0.25) is 4.72 Å². The number of benzene rings is 3. The normalized spacial score (nSPS) is 11.7. The van der Waals surface area contributed by atoms with Crippen molar-refractivity contribution in [2.75, 3.05) is 4.72 Å². The van der Waals surface area contributed by atoms with E-state index in [4.69, 9.17) is 34.8 Å². The molecule has 0 aliphatic rings. The molecule has 4 rings (SSSR count). The number of hydrogen-bond acceptors (Lipinski definition) is 4. The Balaban J connectivity index is 1.61. The van der Waals surface area contributed by atoms with Gasteiger partial charge in [0.2, 0.25) is 0 Å². The minimum absolute atomic E-state index is 0.00621. The number of aromatic nitrogens is 1. The van der Waals surface area contributed by atoms with Crippen molar-refractivity contribution in [1.29, 1.82) is 0 Å². The zero-order valence-electron chi connectivity index (χ0n) is 14.9. The van der Waals surface area contributed by atoms with Crippen LogP contribution < -0.4 is 4.72 Å². The maximum absolute atomic E-state index is 12.7. The molecule has 0 atom stereocenters. The minimum Gasteiger partial charge on any atom is -0.280 e. The Bertz CT molecular complexity index is 1330. The molecule has 9 heteroatoms. The second kappa shape index (κ2) is 7.78. The quantitative estimate of drug-likeness (QED) is 0.317. The fraction of sp³-hybridized carbons (Fsp3) is 0.0500. The van der Waals surface area contributed by atoms with Gasteiger partial charge in [-0.2, -0.15) is 0 Å². The molecule has 29 heavy (non-hydrogen) atoms. The third-order valence-corrected chi connectivity index (χ3v) is 7.83. The first-order valence-electron chi connectivity index (χ1n) is 8.38. The fourth-order valence-electron chi connectivity index (χ4n) is 2.76. The van der Waals surface area contributed by atoms with E-state index in [9.17, 15) is 8.42 Å². The van der Waals surface area contributed by atoms with E-state index in [1.54, 1.807) is 23.5 Å². The minimum atomic E-state index is -3.92. The number of nitrogens with one attached hydrogen (secondary N) is 1. The molecule has 0 saturated heterocycles. The molecule has 1 heterocycles. The topological polar surface area (TPSA) is 59.1 Å². The standard InChI is InChI=1S/C20H13Cl3N2O2S2/c1-11-2-7-17-18(8-11)28-20(24-17)12-3-5-13(6-4-12)25-29(26,27)19-10-15(22)14(21)9-16(19)23/h2-10,25H,1H3. The highest BCUT2D eigenvalue weighted by atomic mass is 35.5. The van der Waals surface area contributed by atoms with Crippen LogP contribution >= 0.6 is 46.1 Å². The molecule has 0 unspecified atom stereocenters. The van der Waals surface area contributed by atoms with Gasteiger partial charge >= 0.3 is 0 Å². The maximum Gasteiger partial charge on any atom is 0.263 e. The first kappa shape index (κ1) is 20.4. The van der Waals surface area contributed by atoms with Crippen molar-refractivity contribution < 1.29 is 8.42 Å². The molecule has 3 aromatic carbocycles. The number of thiazole rings is 1. The van der Waals surface area contributed by atoms with E-state index in [1.807, 2.05) is 31.2 Å². The molecule has 148 valence electrons. The molecule has 4 aromatic rings. The Morgan fingerprint density at radius 3 is 2.31 bits per heavy atom. The summed E-state index contributed by atoms with van der Waals surface area (Å²) < 4.78 is 29.0. The van der Waals surface area contributed by atoms with Crippen LogP contribution in [0.25, 0.3) is 20.8 Å². The van der Waals surface area contributed by atoms with Crippen molar-refractivity contribution in [3.63, 3.8) is 0 Å². The van der Waals surface area contributed by atoms with Crippen LogP contribution in [0.15, 0.2) is 59.5 Å². The molecule has 0 saturated carbocycles. The molecule has 4 nitrogen and oxygen atoms in total. The van der Waals surface area contributed by atoms with Gasteiger partial charge in [0.15, 0.2) is 0 Å². The van der Waals surface area contributed by atoms with E-state index < -0.39 is 10.0 Å². The second-order valence-electron chi connectivity index (χ2n) is 6.37. The third kappa shape index (κ3) is 4.22. The van der Waals surface area contributed by atoms with Gasteiger partial charge in [0.05, 0.1) is 25.3 Å². The number of nitrogens with zero attached hydrogens (tertiary/aromatic N) is 1. The average Bonchev–Trinajstić information content (AvgIpc) is 3.08. The summed E-state index contributed by atoms with van der Waals surface area (Å²) in [6, 6.07) is 15.6. The lowest BCUT2D eigenvalue weighted by Gasteiger charge is -2.11. The second-order valence-corrected chi connectivity index (χ2v) is 10.3. The predicted octanol–water partition coefficient (Wildman–Crippen LogP) is 7.03. The van der Waals surface area contributed by atoms with E-state index in [0.29, 0.717) is 5.69 Å². The van der Waals surface area contributed by atoms with Crippen LogP contribution in [0.3, 0.4) is 0 Å². The van der Waals surface area contributed by atoms with Crippen molar-refractivity contribution in [1.82, 2.24) is 4.98 Å². The van der Waals surface area contributed by atoms with E-state index in [2.05, 4.69) is 15.8 Å². The number of sulfonamides is 1. The van der Waals surface area contributed by atoms with Crippen molar-refractivity contribution >= 4 is 72.1 Å². The summed E-state index contributed by atoms with van der Waals surface area (Å²) in [6.45, 7) is 2.04. The van der Waals surface area contributed by atoms with Gasteiger partial charge in [-0.15, -0.1) is 11.3 Å².